The van der Waals surface area contributed by atoms with Gasteiger partial charge in [-0.3, -0.25) is 9.78 Å². The van der Waals surface area contributed by atoms with Crippen molar-refractivity contribution >= 4 is 32.8 Å². The van der Waals surface area contributed by atoms with Gasteiger partial charge in [-0.15, -0.1) is 0 Å². The van der Waals surface area contributed by atoms with Gasteiger partial charge in [-0.05, 0) is 40.5 Å². The molecule has 0 unspecified atom stereocenters. The molecular formula is C8H5BrClF2NO. The Kier molecular flexibility index (Phi) is 3.55. The van der Waals surface area contributed by atoms with E-state index in [9.17, 15) is 13.6 Å². The van der Waals surface area contributed by atoms with Gasteiger partial charge in [0.1, 0.15) is 5.69 Å². The molecule has 0 aliphatic carbocycles. The Bertz CT molecular complexity index is 384. The van der Waals surface area contributed by atoms with Gasteiger partial charge in [0.05, 0.1) is 5.56 Å². The molecule has 2 nitrogen and oxygen atoms in total. The Hall–Kier alpha value is -0.550. The first kappa shape index (κ1) is 11.5. The summed E-state index contributed by atoms with van der Waals surface area (Å²) in [5.41, 5.74) is -0.460. The molecule has 0 spiro atoms. The summed E-state index contributed by atoms with van der Waals surface area (Å²) < 4.78 is 25.1. The molecule has 1 aromatic rings. The van der Waals surface area contributed by atoms with Crippen LogP contribution >= 0.6 is 27.5 Å². The van der Waals surface area contributed by atoms with Crippen LogP contribution < -0.4 is 0 Å². The van der Waals surface area contributed by atoms with Crippen molar-refractivity contribution < 1.29 is 13.6 Å². The molecule has 14 heavy (non-hydrogen) atoms. The number of aryl methyl sites for hydroxylation is 1. The van der Waals surface area contributed by atoms with Crippen LogP contribution in [0.3, 0.4) is 0 Å². The molecule has 0 fully saturated rings. The van der Waals surface area contributed by atoms with Gasteiger partial charge in [-0.1, -0.05) is 0 Å². The highest BCUT2D eigenvalue weighted by atomic mass is 79.9. The number of rotatable bonds is 2. The summed E-state index contributed by atoms with van der Waals surface area (Å²) in [7, 11) is 0. The topological polar surface area (TPSA) is 30.0 Å². The molecule has 0 atom stereocenters. The van der Waals surface area contributed by atoms with Gasteiger partial charge in [0.15, 0.2) is 0 Å². The number of pyridine rings is 1. The lowest BCUT2D eigenvalue weighted by atomic mass is 10.2. The number of carbonyl (C=O) groups excluding carboxylic acids is 1. The molecule has 76 valence electrons. The van der Waals surface area contributed by atoms with Crippen molar-refractivity contribution in [2.24, 2.45) is 0 Å². The number of alkyl halides is 2. The third kappa shape index (κ3) is 2.27. The van der Waals surface area contributed by atoms with E-state index in [1.165, 1.54) is 6.07 Å². The van der Waals surface area contributed by atoms with Crippen LogP contribution in [0.1, 0.15) is 28.2 Å². The second kappa shape index (κ2) is 4.31. The molecule has 0 saturated carbocycles. The van der Waals surface area contributed by atoms with Gasteiger partial charge in [-0.25, -0.2) is 8.78 Å². The molecule has 0 bridgehead atoms. The molecule has 0 aromatic carbocycles. The third-order valence-electron chi connectivity index (χ3n) is 1.53. The summed E-state index contributed by atoms with van der Waals surface area (Å²) in [5.74, 6) is 0. The fourth-order valence-electron chi connectivity index (χ4n) is 1.01. The minimum atomic E-state index is -2.82. The maximum absolute atomic E-state index is 12.5. The first-order valence-electron chi connectivity index (χ1n) is 3.58. The van der Waals surface area contributed by atoms with Gasteiger partial charge in [0, 0.05) is 10.2 Å². The van der Waals surface area contributed by atoms with E-state index in [2.05, 4.69) is 20.9 Å². The summed E-state index contributed by atoms with van der Waals surface area (Å²) in [4.78, 5) is 14.4. The highest BCUT2D eigenvalue weighted by Gasteiger charge is 2.22. The highest BCUT2D eigenvalue weighted by Crippen LogP contribution is 2.28. The Morgan fingerprint density at radius 3 is 2.64 bits per heavy atom. The van der Waals surface area contributed by atoms with Gasteiger partial charge >= 0.3 is 0 Å². The molecule has 0 N–H and O–H groups in total. The van der Waals surface area contributed by atoms with Crippen LogP contribution in [0, 0.1) is 6.92 Å². The van der Waals surface area contributed by atoms with E-state index in [0.29, 0.717) is 5.69 Å². The third-order valence-corrected chi connectivity index (χ3v) is 2.35. The fraction of sp³-hybridized carbons (Fsp3) is 0.250. The molecule has 0 radical (unpaired) electrons. The molecule has 6 heteroatoms. The van der Waals surface area contributed by atoms with Crippen LogP contribution in [0.25, 0.3) is 0 Å². The minimum Gasteiger partial charge on any atom is -0.275 e. The van der Waals surface area contributed by atoms with Crippen LogP contribution in [0.2, 0.25) is 0 Å². The fourth-order valence-corrected chi connectivity index (χ4v) is 2.04. The first-order chi connectivity index (χ1) is 6.43. The zero-order valence-corrected chi connectivity index (χ0v) is 9.36. The van der Waals surface area contributed by atoms with E-state index in [4.69, 9.17) is 11.6 Å². The van der Waals surface area contributed by atoms with Gasteiger partial charge in [-0.2, -0.15) is 0 Å². The standard InChI is InChI=1S/C8H5BrClF2NO/c1-3-2-4(9)5(7(10)14)6(13-3)8(11)12/h2,8H,1H3. The van der Waals surface area contributed by atoms with E-state index < -0.39 is 17.4 Å². The monoisotopic (exact) mass is 283 g/mol. The van der Waals surface area contributed by atoms with Crippen LogP contribution in [-0.2, 0) is 0 Å². The molecule has 0 saturated heterocycles. The number of nitrogens with zero attached hydrogens (tertiary/aromatic N) is 1. The predicted octanol–water partition coefficient (Wildman–Crippen LogP) is 3.47. The summed E-state index contributed by atoms with van der Waals surface area (Å²) in [5, 5.41) is -0.945. The average molecular weight is 284 g/mol. The second-order valence-electron chi connectivity index (χ2n) is 2.58. The van der Waals surface area contributed by atoms with Crippen molar-refractivity contribution in [2.75, 3.05) is 0 Å². The van der Waals surface area contributed by atoms with E-state index in [1.54, 1.807) is 6.92 Å². The lowest BCUT2D eigenvalue weighted by molar-refractivity contribution is 0.106. The Labute approximate surface area is 92.4 Å². The number of halogens is 4. The summed E-state index contributed by atoms with van der Waals surface area (Å²) in [6, 6.07) is 1.46. The molecule has 0 aliphatic rings. The zero-order chi connectivity index (χ0) is 10.9. The lowest BCUT2D eigenvalue weighted by Crippen LogP contribution is -2.04. The van der Waals surface area contributed by atoms with Crippen molar-refractivity contribution in [3.63, 3.8) is 0 Å². The number of aromatic nitrogens is 1. The lowest BCUT2D eigenvalue weighted by Gasteiger charge is -2.07. The van der Waals surface area contributed by atoms with E-state index >= 15 is 0 Å². The van der Waals surface area contributed by atoms with Gasteiger partial charge < -0.3 is 0 Å². The van der Waals surface area contributed by atoms with Crippen molar-refractivity contribution in [2.45, 2.75) is 13.3 Å². The first-order valence-corrected chi connectivity index (χ1v) is 4.75. The van der Waals surface area contributed by atoms with Crippen molar-refractivity contribution in [3.05, 3.63) is 27.5 Å². The number of carbonyl (C=O) groups is 1. The molecule has 0 amide bonds. The van der Waals surface area contributed by atoms with Crippen molar-refractivity contribution in [1.29, 1.82) is 0 Å². The number of hydrogen-bond acceptors (Lipinski definition) is 2. The zero-order valence-electron chi connectivity index (χ0n) is 7.02. The average Bonchev–Trinajstić information content (AvgIpc) is 2.01. The maximum atomic E-state index is 12.5. The number of hydrogen-bond donors (Lipinski definition) is 0. The van der Waals surface area contributed by atoms with Crippen LogP contribution in [0.15, 0.2) is 10.5 Å². The summed E-state index contributed by atoms with van der Waals surface area (Å²) in [6.45, 7) is 1.55. The normalized spacial score (nSPS) is 10.7. The van der Waals surface area contributed by atoms with E-state index in [-0.39, 0.29) is 10.0 Å². The molecule has 1 aromatic heterocycles. The SMILES string of the molecule is Cc1cc(Br)c(C(=O)Cl)c(C(F)F)n1. The predicted molar refractivity (Wildman–Crippen MR) is 51.8 cm³/mol. The van der Waals surface area contributed by atoms with E-state index in [0.717, 1.165) is 0 Å². The van der Waals surface area contributed by atoms with Crippen LogP contribution in [-0.4, -0.2) is 10.2 Å². The maximum Gasteiger partial charge on any atom is 0.281 e. The second-order valence-corrected chi connectivity index (χ2v) is 3.78. The largest absolute Gasteiger partial charge is 0.281 e. The van der Waals surface area contributed by atoms with Crippen LogP contribution in [0.4, 0.5) is 8.78 Å². The highest BCUT2D eigenvalue weighted by molar-refractivity contribution is 9.10. The molecule has 0 aliphatic heterocycles. The summed E-state index contributed by atoms with van der Waals surface area (Å²) >= 11 is 8.16. The smallest absolute Gasteiger partial charge is 0.275 e. The molecule has 1 rings (SSSR count). The van der Waals surface area contributed by atoms with Crippen molar-refractivity contribution in [3.8, 4) is 0 Å². The Morgan fingerprint density at radius 1 is 1.64 bits per heavy atom. The van der Waals surface area contributed by atoms with Gasteiger partial charge in [0.25, 0.3) is 11.7 Å². The molecular weight excluding hydrogens is 279 g/mol. The van der Waals surface area contributed by atoms with Gasteiger partial charge in [0.2, 0.25) is 0 Å². The Morgan fingerprint density at radius 2 is 2.21 bits per heavy atom. The quantitative estimate of drug-likeness (QED) is 0.778. The minimum absolute atomic E-state index is 0.236. The Balaban J connectivity index is 3.44. The van der Waals surface area contributed by atoms with E-state index in [1.807, 2.05) is 0 Å². The van der Waals surface area contributed by atoms with Crippen LogP contribution in [0.5, 0.6) is 0 Å². The summed E-state index contributed by atoms with van der Waals surface area (Å²) in [6.07, 6.45) is -2.82. The van der Waals surface area contributed by atoms with Crippen molar-refractivity contribution in [1.82, 2.24) is 4.98 Å². The molecule has 1 heterocycles.